The Kier molecular flexibility index (Phi) is 10.4. The van der Waals surface area contributed by atoms with Crippen molar-refractivity contribution in [2.75, 3.05) is 13.1 Å². The summed E-state index contributed by atoms with van der Waals surface area (Å²) in [6, 6.07) is 21.8. The van der Waals surface area contributed by atoms with Gasteiger partial charge in [-0.05, 0) is 48.2 Å². The van der Waals surface area contributed by atoms with E-state index in [0.717, 1.165) is 11.1 Å². The molecule has 12 heteroatoms. The monoisotopic (exact) mass is 630 g/mol. The van der Waals surface area contributed by atoms with Crippen LogP contribution in [0, 0.1) is 0 Å². The molecule has 2 amide bonds. The lowest BCUT2D eigenvalue weighted by atomic mass is 10.0. The lowest BCUT2D eigenvalue weighted by molar-refractivity contribution is -0.138. The van der Waals surface area contributed by atoms with E-state index in [-0.39, 0.29) is 50.1 Å². The first kappa shape index (κ1) is 31.7. The highest BCUT2D eigenvalue weighted by atomic mass is 35.5. The zero-order valence-electron chi connectivity index (χ0n) is 24.6. The molecule has 1 aromatic heterocycles. The Hall–Kier alpha value is -4.74. The molecule has 2 heterocycles. The van der Waals surface area contributed by atoms with Gasteiger partial charge in [-0.2, -0.15) is 0 Å². The van der Waals surface area contributed by atoms with Crippen LogP contribution in [0.25, 0.3) is 11.1 Å². The smallest absolute Gasteiger partial charge is 0.266 e. The highest BCUT2D eigenvalue weighted by molar-refractivity contribution is 6.30. The molecule has 234 valence electrons. The number of nitrogens with zero attached hydrogens (tertiary/aromatic N) is 3. The fraction of sp³-hybridized carbons (Fsp3) is 0.303. The number of carbonyl (C=O) groups is 3. The number of amides is 2. The number of nitrogens with one attached hydrogen (secondary N) is 1. The number of fused-ring (bicyclic) bond motifs is 1. The topological polar surface area (TPSA) is 166 Å². The summed E-state index contributed by atoms with van der Waals surface area (Å²) >= 11 is 6.01. The number of likely N-dealkylation sites (tertiary alicyclic amines) is 1. The summed E-state index contributed by atoms with van der Waals surface area (Å²) in [5, 5.41) is 3.50. The van der Waals surface area contributed by atoms with Crippen LogP contribution in [0.2, 0.25) is 5.02 Å². The van der Waals surface area contributed by atoms with Crippen molar-refractivity contribution in [2.24, 2.45) is 16.5 Å². The van der Waals surface area contributed by atoms with Crippen molar-refractivity contribution in [3.63, 3.8) is 0 Å². The number of ketones is 1. The molecule has 3 atom stereocenters. The van der Waals surface area contributed by atoms with Crippen LogP contribution in [-0.2, 0) is 27.4 Å². The van der Waals surface area contributed by atoms with Gasteiger partial charge in [-0.1, -0.05) is 66.2 Å². The molecule has 0 saturated carbocycles. The summed E-state index contributed by atoms with van der Waals surface area (Å²) in [4.78, 5) is 50.9. The van der Waals surface area contributed by atoms with Gasteiger partial charge in [-0.25, -0.2) is 4.98 Å². The number of rotatable bonds is 13. The summed E-state index contributed by atoms with van der Waals surface area (Å²) in [6.07, 6.45) is 0.615. The summed E-state index contributed by atoms with van der Waals surface area (Å²) in [5.74, 6) is -1.35. The van der Waals surface area contributed by atoms with Gasteiger partial charge in [0, 0.05) is 24.5 Å². The molecule has 0 radical (unpaired) electrons. The van der Waals surface area contributed by atoms with E-state index in [2.05, 4.69) is 15.3 Å². The fourth-order valence-corrected chi connectivity index (χ4v) is 5.40. The van der Waals surface area contributed by atoms with Crippen LogP contribution >= 0.6 is 11.6 Å². The molecule has 0 spiro atoms. The molecule has 5 N–H and O–H groups in total. The van der Waals surface area contributed by atoms with Crippen LogP contribution in [0.3, 0.4) is 0 Å². The molecule has 1 fully saturated rings. The summed E-state index contributed by atoms with van der Waals surface area (Å²) in [7, 11) is 0. The minimum Gasteiger partial charge on any atom is -0.434 e. The number of guanidine groups is 1. The third-order valence-electron chi connectivity index (χ3n) is 7.57. The van der Waals surface area contributed by atoms with Crippen molar-refractivity contribution in [2.45, 2.75) is 50.5 Å². The minimum absolute atomic E-state index is 0.0657. The molecule has 0 bridgehead atoms. The van der Waals surface area contributed by atoms with Crippen LogP contribution in [0.1, 0.15) is 41.1 Å². The maximum absolute atomic E-state index is 13.9. The van der Waals surface area contributed by atoms with Crippen molar-refractivity contribution in [3.05, 3.63) is 101 Å². The van der Waals surface area contributed by atoms with E-state index >= 15 is 0 Å². The van der Waals surface area contributed by atoms with Crippen molar-refractivity contribution in [1.82, 2.24) is 15.2 Å². The highest BCUT2D eigenvalue weighted by Gasteiger charge is 2.41. The van der Waals surface area contributed by atoms with Gasteiger partial charge in [-0.15, -0.1) is 0 Å². The maximum Gasteiger partial charge on any atom is 0.266 e. The molecule has 4 aromatic rings. The third-order valence-corrected chi connectivity index (χ3v) is 7.82. The van der Waals surface area contributed by atoms with Crippen LogP contribution in [0.4, 0.5) is 0 Å². The fourth-order valence-electron chi connectivity index (χ4n) is 5.28. The van der Waals surface area contributed by atoms with Crippen LogP contribution in [0.5, 0.6) is 0 Å². The second kappa shape index (κ2) is 14.8. The van der Waals surface area contributed by atoms with E-state index in [0.29, 0.717) is 29.2 Å². The van der Waals surface area contributed by atoms with E-state index in [1.807, 2.05) is 42.5 Å². The van der Waals surface area contributed by atoms with Crippen molar-refractivity contribution in [3.8, 4) is 0 Å². The number of aliphatic imine (C=N–C) groups is 1. The SMILES string of the molecule is NC(N)=NCCC[C@H](NC(=O)[C@@H]1C[C@@H](OCc2ccc(Cl)cc2)CN1C(=O)Cc1ccccc1)C(=O)c1nc2ccccc2o1. The van der Waals surface area contributed by atoms with Crippen LogP contribution < -0.4 is 16.8 Å². The predicted octanol–water partition coefficient (Wildman–Crippen LogP) is 3.63. The number of benzene rings is 3. The number of hydrogen-bond acceptors (Lipinski definition) is 7. The lowest BCUT2D eigenvalue weighted by Gasteiger charge is -2.26. The number of oxazole rings is 1. The molecule has 1 saturated heterocycles. The Morgan fingerprint density at radius 3 is 2.49 bits per heavy atom. The van der Waals surface area contributed by atoms with Crippen molar-refractivity contribution in [1.29, 1.82) is 0 Å². The Balaban J connectivity index is 1.34. The number of ether oxygens (including phenoxy) is 1. The molecule has 11 nitrogen and oxygen atoms in total. The standard InChI is InChI=1S/C33H35ClN6O5/c34-23-14-12-22(13-15-23)20-44-24-18-27(40(19-24)29(41)17-21-7-2-1-3-8-21)31(43)38-26(10-6-16-37-33(35)36)30(42)32-39-25-9-4-5-11-28(25)45-32/h1-5,7-9,11-15,24,26-27H,6,10,16-20H2,(H,38,43)(H4,35,36,37)/t24-,26+,27+/m1/s1. The molecule has 1 aliphatic rings. The number of aromatic nitrogens is 1. The zero-order valence-corrected chi connectivity index (χ0v) is 25.4. The molecular weight excluding hydrogens is 596 g/mol. The number of para-hydroxylation sites is 2. The Labute approximate surface area is 265 Å². The highest BCUT2D eigenvalue weighted by Crippen LogP contribution is 2.25. The van der Waals surface area contributed by atoms with Gasteiger partial charge in [0.1, 0.15) is 11.6 Å². The second-order valence-electron chi connectivity index (χ2n) is 10.9. The Bertz CT molecular complexity index is 1620. The number of Topliss-reactive ketones (excluding diaryl/α,β-unsaturated/α-hetero) is 1. The van der Waals surface area contributed by atoms with Gasteiger partial charge >= 0.3 is 0 Å². The summed E-state index contributed by atoms with van der Waals surface area (Å²) in [5.41, 5.74) is 13.6. The van der Waals surface area contributed by atoms with Crippen LogP contribution in [-0.4, -0.2) is 64.7 Å². The number of nitrogens with two attached hydrogens (primary N) is 2. The van der Waals surface area contributed by atoms with Gasteiger partial charge in [0.15, 0.2) is 11.5 Å². The summed E-state index contributed by atoms with van der Waals surface area (Å²) in [6.45, 7) is 0.785. The number of halogens is 1. The molecule has 1 aliphatic heterocycles. The zero-order chi connectivity index (χ0) is 31.8. The average molecular weight is 631 g/mol. The molecule has 0 unspecified atom stereocenters. The first-order valence-corrected chi connectivity index (χ1v) is 15.1. The van der Waals surface area contributed by atoms with E-state index in [1.165, 1.54) is 4.90 Å². The normalized spacial score (nSPS) is 16.8. The maximum atomic E-state index is 13.9. The predicted molar refractivity (Wildman–Crippen MR) is 170 cm³/mol. The quantitative estimate of drug-likeness (QED) is 0.0871. The van der Waals surface area contributed by atoms with E-state index < -0.39 is 29.9 Å². The Morgan fingerprint density at radius 1 is 1.02 bits per heavy atom. The van der Waals surface area contributed by atoms with E-state index in [9.17, 15) is 14.4 Å². The Morgan fingerprint density at radius 2 is 1.76 bits per heavy atom. The molecule has 3 aromatic carbocycles. The largest absolute Gasteiger partial charge is 0.434 e. The van der Waals surface area contributed by atoms with Gasteiger partial charge in [-0.3, -0.25) is 19.4 Å². The lowest BCUT2D eigenvalue weighted by Crippen LogP contribution is -2.51. The van der Waals surface area contributed by atoms with E-state index in [4.69, 9.17) is 32.2 Å². The van der Waals surface area contributed by atoms with Gasteiger partial charge in [0.2, 0.25) is 17.6 Å². The summed E-state index contributed by atoms with van der Waals surface area (Å²) < 4.78 is 11.9. The van der Waals surface area contributed by atoms with Crippen molar-refractivity contribution < 1.29 is 23.5 Å². The number of hydrogen-bond donors (Lipinski definition) is 3. The van der Waals surface area contributed by atoms with E-state index in [1.54, 1.807) is 36.4 Å². The molecule has 5 rings (SSSR count). The first-order chi connectivity index (χ1) is 21.8. The third kappa shape index (κ3) is 8.46. The molecule has 45 heavy (non-hydrogen) atoms. The van der Waals surface area contributed by atoms with Gasteiger partial charge < -0.3 is 30.8 Å². The molecule has 0 aliphatic carbocycles. The number of carbonyl (C=O) groups excluding carboxylic acids is 3. The molecular formula is C33H35ClN6O5. The average Bonchev–Trinajstić information content (AvgIpc) is 3.67. The van der Waals surface area contributed by atoms with Crippen molar-refractivity contribution >= 4 is 46.3 Å². The van der Waals surface area contributed by atoms with Gasteiger partial charge in [0.05, 0.1) is 25.2 Å². The first-order valence-electron chi connectivity index (χ1n) is 14.7. The van der Waals surface area contributed by atoms with Crippen LogP contribution in [0.15, 0.2) is 88.3 Å². The minimum atomic E-state index is -0.986. The van der Waals surface area contributed by atoms with Gasteiger partial charge in [0.25, 0.3) is 5.89 Å². The second-order valence-corrected chi connectivity index (χ2v) is 11.3.